The second kappa shape index (κ2) is 5.70. The summed E-state index contributed by atoms with van der Waals surface area (Å²) in [5, 5.41) is 0. The molecule has 0 aliphatic rings. The minimum absolute atomic E-state index is 0.467. The maximum Gasteiger partial charge on any atom is 0.215 e. The molecular formula is C14H14N2O. The molecule has 0 aliphatic heterocycles. The lowest BCUT2D eigenvalue weighted by Crippen LogP contribution is -1.97. The SMILES string of the molecule is Nc1cccc(OC/C=C/c2ccccc2)n1. The predicted octanol–water partition coefficient (Wildman–Crippen LogP) is 2.76. The molecule has 2 rings (SSSR count). The number of pyridine rings is 1. The van der Waals surface area contributed by atoms with E-state index in [4.69, 9.17) is 10.5 Å². The quantitative estimate of drug-likeness (QED) is 0.872. The number of hydrogen-bond donors (Lipinski definition) is 1. The van der Waals surface area contributed by atoms with Crippen molar-refractivity contribution in [3.05, 3.63) is 60.2 Å². The van der Waals surface area contributed by atoms with Gasteiger partial charge in [-0.15, -0.1) is 0 Å². The van der Waals surface area contributed by atoms with Crippen molar-refractivity contribution in [2.75, 3.05) is 12.3 Å². The molecule has 3 heteroatoms. The molecule has 17 heavy (non-hydrogen) atoms. The van der Waals surface area contributed by atoms with Gasteiger partial charge in [0.1, 0.15) is 12.4 Å². The molecular weight excluding hydrogens is 212 g/mol. The number of nitrogen functional groups attached to an aromatic ring is 1. The molecule has 1 heterocycles. The highest BCUT2D eigenvalue weighted by atomic mass is 16.5. The van der Waals surface area contributed by atoms with Crippen LogP contribution in [0.1, 0.15) is 5.56 Å². The van der Waals surface area contributed by atoms with Crippen molar-refractivity contribution in [1.29, 1.82) is 0 Å². The Labute approximate surface area is 101 Å². The summed E-state index contributed by atoms with van der Waals surface area (Å²) in [6, 6.07) is 15.4. The van der Waals surface area contributed by atoms with Crippen LogP contribution in [0.25, 0.3) is 6.08 Å². The zero-order valence-corrected chi connectivity index (χ0v) is 9.41. The van der Waals surface area contributed by atoms with Crippen molar-refractivity contribution in [3.63, 3.8) is 0 Å². The fraction of sp³-hybridized carbons (Fsp3) is 0.0714. The van der Waals surface area contributed by atoms with Crippen LogP contribution < -0.4 is 10.5 Å². The lowest BCUT2D eigenvalue weighted by atomic mass is 10.2. The molecule has 0 fully saturated rings. The van der Waals surface area contributed by atoms with Gasteiger partial charge in [-0.1, -0.05) is 42.5 Å². The second-order valence-electron chi connectivity index (χ2n) is 3.52. The van der Waals surface area contributed by atoms with Crippen LogP contribution in [0.5, 0.6) is 5.88 Å². The highest BCUT2D eigenvalue weighted by Crippen LogP contribution is 2.08. The number of nitrogens with zero attached hydrogens (tertiary/aromatic N) is 1. The van der Waals surface area contributed by atoms with Crippen molar-refractivity contribution in [3.8, 4) is 5.88 Å². The van der Waals surface area contributed by atoms with Gasteiger partial charge in [-0.05, 0) is 17.7 Å². The lowest BCUT2D eigenvalue weighted by molar-refractivity contribution is 0.349. The van der Waals surface area contributed by atoms with Gasteiger partial charge in [-0.3, -0.25) is 0 Å². The predicted molar refractivity (Wildman–Crippen MR) is 69.6 cm³/mol. The standard InChI is InChI=1S/C14H14N2O/c15-13-9-4-10-14(16-13)17-11-5-8-12-6-2-1-3-7-12/h1-10H,11H2,(H2,15,16)/b8-5+. The van der Waals surface area contributed by atoms with Crippen molar-refractivity contribution in [2.24, 2.45) is 0 Å². The number of benzene rings is 1. The van der Waals surface area contributed by atoms with Crippen LogP contribution in [0.3, 0.4) is 0 Å². The monoisotopic (exact) mass is 226 g/mol. The van der Waals surface area contributed by atoms with Crippen molar-refractivity contribution >= 4 is 11.9 Å². The summed E-state index contributed by atoms with van der Waals surface area (Å²) in [6.07, 6.45) is 3.95. The Morgan fingerprint density at radius 2 is 1.88 bits per heavy atom. The number of rotatable bonds is 4. The molecule has 3 nitrogen and oxygen atoms in total. The fourth-order valence-electron chi connectivity index (χ4n) is 1.39. The highest BCUT2D eigenvalue weighted by molar-refractivity contribution is 5.48. The van der Waals surface area contributed by atoms with Crippen LogP contribution in [0.2, 0.25) is 0 Å². The average molecular weight is 226 g/mol. The van der Waals surface area contributed by atoms with Crippen LogP contribution in [0.15, 0.2) is 54.6 Å². The third-order valence-electron chi connectivity index (χ3n) is 2.18. The Morgan fingerprint density at radius 1 is 1.06 bits per heavy atom. The Hall–Kier alpha value is -2.29. The van der Waals surface area contributed by atoms with Gasteiger partial charge in [0, 0.05) is 6.07 Å². The molecule has 1 aromatic heterocycles. The van der Waals surface area contributed by atoms with Crippen molar-refractivity contribution < 1.29 is 4.74 Å². The van der Waals surface area contributed by atoms with Gasteiger partial charge < -0.3 is 10.5 Å². The number of hydrogen-bond acceptors (Lipinski definition) is 3. The first-order chi connectivity index (χ1) is 8.34. The Kier molecular flexibility index (Phi) is 3.76. The molecule has 0 saturated heterocycles. The van der Waals surface area contributed by atoms with Crippen LogP contribution in [-0.4, -0.2) is 11.6 Å². The van der Waals surface area contributed by atoms with E-state index in [2.05, 4.69) is 4.98 Å². The molecule has 2 N–H and O–H groups in total. The number of anilines is 1. The molecule has 0 bridgehead atoms. The van der Waals surface area contributed by atoms with E-state index in [1.165, 1.54) is 0 Å². The van der Waals surface area contributed by atoms with Gasteiger partial charge in [0.05, 0.1) is 0 Å². The van der Waals surface area contributed by atoms with E-state index in [1.54, 1.807) is 12.1 Å². The van der Waals surface area contributed by atoms with E-state index < -0.39 is 0 Å². The lowest BCUT2D eigenvalue weighted by Gasteiger charge is -2.01. The molecule has 0 aliphatic carbocycles. The molecule has 2 aromatic rings. The zero-order chi connectivity index (χ0) is 11.9. The summed E-state index contributed by atoms with van der Waals surface area (Å²) in [5.74, 6) is 1.01. The summed E-state index contributed by atoms with van der Waals surface area (Å²) in [4.78, 5) is 4.04. The second-order valence-corrected chi connectivity index (χ2v) is 3.52. The molecule has 0 spiro atoms. The fourth-order valence-corrected chi connectivity index (χ4v) is 1.39. The van der Waals surface area contributed by atoms with E-state index in [1.807, 2.05) is 48.6 Å². The number of aromatic nitrogens is 1. The first kappa shape index (κ1) is 11.2. The topological polar surface area (TPSA) is 48.1 Å². The Bertz CT molecular complexity index is 495. The van der Waals surface area contributed by atoms with Gasteiger partial charge in [0.25, 0.3) is 0 Å². The van der Waals surface area contributed by atoms with Crippen LogP contribution in [0.4, 0.5) is 5.82 Å². The highest BCUT2D eigenvalue weighted by Gasteiger charge is 1.93. The third-order valence-corrected chi connectivity index (χ3v) is 2.18. The zero-order valence-electron chi connectivity index (χ0n) is 9.41. The largest absolute Gasteiger partial charge is 0.473 e. The maximum atomic E-state index is 5.54. The maximum absolute atomic E-state index is 5.54. The van der Waals surface area contributed by atoms with Crippen LogP contribution in [0, 0.1) is 0 Å². The Balaban J connectivity index is 1.86. The minimum Gasteiger partial charge on any atom is -0.473 e. The first-order valence-electron chi connectivity index (χ1n) is 5.41. The van der Waals surface area contributed by atoms with Gasteiger partial charge >= 0.3 is 0 Å². The molecule has 86 valence electrons. The van der Waals surface area contributed by atoms with Crippen LogP contribution in [-0.2, 0) is 0 Å². The third kappa shape index (κ3) is 3.65. The molecule has 0 unspecified atom stereocenters. The van der Waals surface area contributed by atoms with Gasteiger partial charge in [0.2, 0.25) is 5.88 Å². The molecule has 0 atom stereocenters. The van der Waals surface area contributed by atoms with E-state index in [0.29, 0.717) is 18.3 Å². The van der Waals surface area contributed by atoms with E-state index in [-0.39, 0.29) is 0 Å². The number of ether oxygens (including phenoxy) is 1. The Morgan fingerprint density at radius 3 is 2.65 bits per heavy atom. The van der Waals surface area contributed by atoms with Crippen molar-refractivity contribution in [1.82, 2.24) is 4.98 Å². The number of nitrogens with two attached hydrogens (primary N) is 1. The summed E-state index contributed by atoms with van der Waals surface area (Å²) in [6.45, 7) is 0.478. The molecule has 0 saturated carbocycles. The summed E-state index contributed by atoms with van der Waals surface area (Å²) < 4.78 is 5.43. The summed E-state index contributed by atoms with van der Waals surface area (Å²) in [5.41, 5.74) is 6.69. The summed E-state index contributed by atoms with van der Waals surface area (Å²) >= 11 is 0. The van der Waals surface area contributed by atoms with E-state index >= 15 is 0 Å². The molecule has 1 aromatic carbocycles. The van der Waals surface area contributed by atoms with E-state index in [9.17, 15) is 0 Å². The summed E-state index contributed by atoms with van der Waals surface area (Å²) in [7, 11) is 0. The van der Waals surface area contributed by atoms with Crippen LogP contribution >= 0.6 is 0 Å². The van der Waals surface area contributed by atoms with Gasteiger partial charge in [-0.2, -0.15) is 4.98 Å². The van der Waals surface area contributed by atoms with Gasteiger partial charge in [0.15, 0.2) is 0 Å². The van der Waals surface area contributed by atoms with Gasteiger partial charge in [-0.25, -0.2) is 0 Å². The molecule has 0 amide bonds. The van der Waals surface area contributed by atoms with Crippen molar-refractivity contribution in [2.45, 2.75) is 0 Å². The first-order valence-corrected chi connectivity index (χ1v) is 5.41. The molecule has 0 radical (unpaired) electrons. The average Bonchev–Trinajstić information content (AvgIpc) is 2.36. The minimum atomic E-state index is 0.467. The normalized spacial score (nSPS) is 10.6. The smallest absolute Gasteiger partial charge is 0.215 e. The van der Waals surface area contributed by atoms with E-state index in [0.717, 1.165) is 5.56 Å².